The summed E-state index contributed by atoms with van der Waals surface area (Å²) in [7, 11) is 0. The van der Waals surface area contributed by atoms with Crippen molar-refractivity contribution in [3.63, 3.8) is 0 Å². The molecular formula is C18H17FN4O2S2. The van der Waals surface area contributed by atoms with Crippen molar-refractivity contribution in [3.05, 3.63) is 36.4 Å². The van der Waals surface area contributed by atoms with Gasteiger partial charge in [0.2, 0.25) is 5.91 Å². The molecule has 27 heavy (non-hydrogen) atoms. The van der Waals surface area contributed by atoms with Gasteiger partial charge in [0.1, 0.15) is 33.1 Å². The molecule has 2 aromatic heterocycles. The largest absolute Gasteiger partial charge is 0.376 e. The van der Waals surface area contributed by atoms with Crippen LogP contribution in [-0.2, 0) is 9.53 Å². The highest BCUT2D eigenvalue weighted by molar-refractivity contribution is 8.00. The van der Waals surface area contributed by atoms with E-state index in [1.54, 1.807) is 12.1 Å². The molecule has 3 aromatic rings. The summed E-state index contributed by atoms with van der Waals surface area (Å²) in [5.74, 6) is -0.0773. The molecular weight excluding hydrogens is 387 g/mol. The summed E-state index contributed by atoms with van der Waals surface area (Å²) in [5.41, 5.74) is 2.21. The van der Waals surface area contributed by atoms with Crippen molar-refractivity contribution < 1.29 is 13.9 Å². The fourth-order valence-electron chi connectivity index (χ4n) is 2.86. The van der Waals surface area contributed by atoms with E-state index in [1.807, 2.05) is 0 Å². The highest BCUT2D eigenvalue weighted by atomic mass is 32.2. The fraction of sp³-hybridized carbons (Fsp3) is 0.333. The Bertz CT molecular complexity index is 942. The summed E-state index contributed by atoms with van der Waals surface area (Å²) in [6.45, 7) is 1.32. The van der Waals surface area contributed by atoms with Crippen molar-refractivity contribution in [2.45, 2.75) is 24.0 Å². The molecule has 0 spiro atoms. The SMILES string of the molecule is O=C(CSc1ncnc2c(-c3ccc(F)cc3)nsc12)NCC1CCCO1. The van der Waals surface area contributed by atoms with Gasteiger partial charge in [-0.15, -0.1) is 0 Å². The molecule has 1 aliphatic heterocycles. The number of nitrogens with one attached hydrogen (secondary N) is 1. The van der Waals surface area contributed by atoms with Gasteiger partial charge in [-0.2, -0.15) is 4.37 Å². The zero-order chi connectivity index (χ0) is 18.6. The summed E-state index contributed by atoms with van der Waals surface area (Å²) < 4.78 is 23.9. The van der Waals surface area contributed by atoms with Crippen LogP contribution in [0.25, 0.3) is 21.5 Å². The second-order valence-corrected chi connectivity index (χ2v) is 7.86. The lowest BCUT2D eigenvalue weighted by molar-refractivity contribution is -0.119. The summed E-state index contributed by atoms with van der Waals surface area (Å²) in [6.07, 6.45) is 3.64. The number of amides is 1. The van der Waals surface area contributed by atoms with Crippen molar-refractivity contribution in [2.75, 3.05) is 18.9 Å². The van der Waals surface area contributed by atoms with E-state index in [0.29, 0.717) is 17.8 Å². The number of hydrogen-bond donors (Lipinski definition) is 1. The maximum absolute atomic E-state index is 13.2. The van der Waals surface area contributed by atoms with Gasteiger partial charge in [0, 0.05) is 18.7 Å². The highest BCUT2D eigenvalue weighted by Gasteiger charge is 2.18. The summed E-state index contributed by atoms with van der Waals surface area (Å²) in [5, 5.41) is 3.62. The number of hydrogen-bond acceptors (Lipinski definition) is 7. The third-order valence-corrected chi connectivity index (χ3v) is 6.19. The summed E-state index contributed by atoms with van der Waals surface area (Å²) in [6, 6.07) is 6.15. The van der Waals surface area contributed by atoms with Crippen LogP contribution in [0.2, 0.25) is 0 Å². The average Bonchev–Trinajstić information content (AvgIpc) is 3.35. The van der Waals surface area contributed by atoms with Gasteiger partial charge in [0.25, 0.3) is 0 Å². The first-order chi connectivity index (χ1) is 13.2. The Morgan fingerprint density at radius 3 is 2.96 bits per heavy atom. The Morgan fingerprint density at radius 1 is 1.33 bits per heavy atom. The molecule has 0 bridgehead atoms. The molecule has 140 valence electrons. The molecule has 1 N–H and O–H groups in total. The highest BCUT2D eigenvalue weighted by Crippen LogP contribution is 2.34. The molecule has 0 aliphatic carbocycles. The number of carbonyl (C=O) groups is 1. The van der Waals surface area contributed by atoms with Gasteiger partial charge >= 0.3 is 0 Å². The Morgan fingerprint density at radius 2 is 2.19 bits per heavy atom. The number of ether oxygens (including phenoxy) is 1. The van der Waals surface area contributed by atoms with Crippen LogP contribution in [0.1, 0.15) is 12.8 Å². The number of halogens is 1. The van der Waals surface area contributed by atoms with Crippen molar-refractivity contribution in [2.24, 2.45) is 0 Å². The lowest BCUT2D eigenvalue weighted by Crippen LogP contribution is -2.32. The predicted octanol–water partition coefficient (Wildman–Crippen LogP) is 3.28. The smallest absolute Gasteiger partial charge is 0.230 e. The second kappa shape index (κ2) is 8.28. The molecule has 1 fully saturated rings. The first-order valence-electron chi connectivity index (χ1n) is 8.58. The van der Waals surface area contributed by atoms with Gasteiger partial charge in [-0.1, -0.05) is 11.8 Å². The molecule has 1 amide bonds. The fourth-order valence-corrected chi connectivity index (χ4v) is 4.61. The van der Waals surface area contributed by atoms with Crippen LogP contribution in [0.4, 0.5) is 4.39 Å². The number of rotatable bonds is 6. The first-order valence-corrected chi connectivity index (χ1v) is 10.3. The van der Waals surface area contributed by atoms with E-state index in [0.717, 1.165) is 34.7 Å². The Kier molecular flexibility index (Phi) is 5.61. The molecule has 9 heteroatoms. The van der Waals surface area contributed by atoms with Crippen LogP contribution in [0.15, 0.2) is 35.6 Å². The van der Waals surface area contributed by atoms with Crippen molar-refractivity contribution >= 4 is 39.4 Å². The standard InChI is InChI=1S/C18H17FN4O2S2/c19-12-5-3-11(4-6-12)15-16-17(27-23-15)18(22-10-21-16)26-9-14(24)20-8-13-2-1-7-25-13/h3-6,10,13H,1-2,7-9H2,(H,20,24). The Balaban J connectivity index is 1.44. The van der Waals surface area contributed by atoms with Gasteiger partial charge in [0.05, 0.1) is 11.9 Å². The van der Waals surface area contributed by atoms with E-state index in [9.17, 15) is 9.18 Å². The van der Waals surface area contributed by atoms with Crippen LogP contribution in [0.3, 0.4) is 0 Å². The van der Waals surface area contributed by atoms with E-state index in [2.05, 4.69) is 19.7 Å². The molecule has 1 aliphatic rings. The maximum atomic E-state index is 13.2. The van der Waals surface area contributed by atoms with Crippen LogP contribution in [0.5, 0.6) is 0 Å². The minimum Gasteiger partial charge on any atom is -0.376 e. The monoisotopic (exact) mass is 404 g/mol. The molecule has 1 aromatic carbocycles. The third-order valence-electron chi connectivity index (χ3n) is 4.23. The zero-order valence-electron chi connectivity index (χ0n) is 14.4. The van der Waals surface area contributed by atoms with E-state index >= 15 is 0 Å². The zero-order valence-corrected chi connectivity index (χ0v) is 16.0. The van der Waals surface area contributed by atoms with Crippen LogP contribution in [-0.4, -0.2) is 45.3 Å². The van der Waals surface area contributed by atoms with E-state index in [1.165, 1.54) is 41.8 Å². The lowest BCUT2D eigenvalue weighted by atomic mass is 10.1. The quantitative estimate of drug-likeness (QED) is 0.502. The maximum Gasteiger partial charge on any atom is 0.230 e. The molecule has 1 atom stereocenters. The third kappa shape index (κ3) is 4.26. The molecule has 0 radical (unpaired) electrons. The molecule has 6 nitrogen and oxygen atoms in total. The van der Waals surface area contributed by atoms with Gasteiger partial charge in [-0.25, -0.2) is 14.4 Å². The number of carbonyl (C=O) groups excluding carboxylic acids is 1. The molecule has 4 rings (SSSR count). The first kappa shape index (κ1) is 18.3. The second-order valence-electron chi connectivity index (χ2n) is 6.12. The number of aromatic nitrogens is 3. The Labute approximate surface area is 163 Å². The van der Waals surface area contributed by atoms with Crippen LogP contribution >= 0.6 is 23.3 Å². The summed E-state index contributed by atoms with van der Waals surface area (Å²) >= 11 is 2.64. The molecule has 0 saturated carbocycles. The van der Waals surface area contributed by atoms with Gasteiger partial charge in [-0.3, -0.25) is 4.79 Å². The van der Waals surface area contributed by atoms with Gasteiger partial charge in [0.15, 0.2) is 0 Å². The van der Waals surface area contributed by atoms with Crippen molar-refractivity contribution in [3.8, 4) is 11.3 Å². The predicted molar refractivity (Wildman–Crippen MR) is 103 cm³/mol. The lowest BCUT2D eigenvalue weighted by Gasteiger charge is -2.10. The van der Waals surface area contributed by atoms with Crippen molar-refractivity contribution in [1.82, 2.24) is 19.7 Å². The number of fused-ring (bicyclic) bond motifs is 1. The molecule has 3 heterocycles. The normalized spacial score (nSPS) is 16.7. The average molecular weight is 404 g/mol. The van der Waals surface area contributed by atoms with E-state index in [-0.39, 0.29) is 23.6 Å². The number of nitrogens with zero attached hydrogens (tertiary/aromatic N) is 3. The topological polar surface area (TPSA) is 77.0 Å². The van der Waals surface area contributed by atoms with Crippen molar-refractivity contribution in [1.29, 1.82) is 0 Å². The van der Waals surface area contributed by atoms with Gasteiger partial charge in [-0.05, 0) is 48.6 Å². The Hall–Kier alpha value is -2.10. The minimum absolute atomic E-state index is 0.0504. The van der Waals surface area contributed by atoms with E-state index < -0.39 is 0 Å². The number of benzene rings is 1. The van der Waals surface area contributed by atoms with Crippen LogP contribution in [0, 0.1) is 5.82 Å². The molecule has 1 unspecified atom stereocenters. The van der Waals surface area contributed by atoms with Gasteiger partial charge < -0.3 is 10.1 Å². The van der Waals surface area contributed by atoms with Crippen LogP contribution < -0.4 is 5.32 Å². The molecule has 1 saturated heterocycles. The summed E-state index contributed by atoms with van der Waals surface area (Å²) in [4.78, 5) is 20.7. The minimum atomic E-state index is -0.293. The number of thioether (sulfide) groups is 1. The van der Waals surface area contributed by atoms with E-state index in [4.69, 9.17) is 4.74 Å².